The van der Waals surface area contributed by atoms with Crippen molar-refractivity contribution < 1.29 is 4.39 Å². The molecule has 0 aliphatic carbocycles. The molecule has 1 aliphatic heterocycles. The van der Waals surface area contributed by atoms with E-state index in [4.69, 9.17) is 0 Å². The first-order valence-corrected chi connectivity index (χ1v) is 6.48. The number of benzene rings is 1. The first-order chi connectivity index (χ1) is 8.38. The number of anilines is 1. The lowest BCUT2D eigenvalue weighted by atomic mass is 10.1. The van der Waals surface area contributed by atoms with E-state index < -0.39 is 0 Å². The summed E-state index contributed by atoms with van der Waals surface area (Å²) in [5, 5.41) is 3.55. The predicted octanol–water partition coefficient (Wildman–Crippen LogP) is 2.92. The standard InChI is InChI=1S/C14H21FN2/c15-9-5-11-17-10-4-8-14(12-17)16-13-6-2-1-3-7-13/h1-3,6-7,14,16H,4-5,8-12H2. The van der Waals surface area contributed by atoms with Crippen LogP contribution >= 0.6 is 0 Å². The van der Waals surface area contributed by atoms with Crippen LogP contribution in [0.4, 0.5) is 10.1 Å². The zero-order chi connectivity index (χ0) is 11.9. The second-order valence-corrected chi connectivity index (χ2v) is 4.69. The summed E-state index contributed by atoms with van der Waals surface area (Å²) in [6, 6.07) is 10.8. The molecule has 1 unspecified atom stereocenters. The van der Waals surface area contributed by atoms with Gasteiger partial charge in [-0.05, 0) is 37.9 Å². The highest BCUT2D eigenvalue weighted by Crippen LogP contribution is 2.15. The summed E-state index contributed by atoms with van der Waals surface area (Å²) < 4.78 is 12.1. The van der Waals surface area contributed by atoms with E-state index in [1.807, 2.05) is 18.2 Å². The maximum absolute atomic E-state index is 12.1. The topological polar surface area (TPSA) is 15.3 Å². The van der Waals surface area contributed by atoms with Gasteiger partial charge in [-0.25, -0.2) is 0 Å². The van der Waals surface area contributed by atoms with Crippen LogP contribution in [0.25, 0.3) is 0 Å². The van der Waals surface area contributed by atoms with Crippen molar-refractivity contribution in [2.75, 3.05) is 31.6 Å². The molecule has 94 valence electrons. The van der Waals surface area contributed by atoms with Gasteiger partial charge in [-0.3, -0.25) is 4.39 Å². The van der Waals surface area contributed by atoms with Crippen LogP contribution in [0.15, 0.2) is 30.3 Å². The van der Waals surface area contributed by atoms with Gasteiger partial charge in [0.05, 0.1) is 6.67 Å². The second-order valence-electron chi connectivity index (χ2n) is 4.69. The third-order valence-electron chi connectivity index (χ3n) is 3.26. The number of para-hydroxylation sites is 1. The Balaban J connectivity index is 1.81. The van der Waals surface area contributed by atoms with Gasteiger partial charge in [0, 0.05) is 24.8 Å². The molecule has 1 N–H and O–H groups in total. The molecule has 1 aromatic rings. The largest absolute Gasteiger partial charge is 0.381 e. The average Bonchev–Trinajstić information content (AvgIpc) is 2.38. The van der Waals surface area contributed by atoms with E-state index in [-0.39, 0.29) is 6.67 Å². The van der Waals surface area contributed by atoms with Gasteiger partial charge < -0.3 is 10.2 Å². The molecule has 0 saturated carbocycles. The molecule has 0 bridgehead atoms. The number of halogens is 1. The van der Waals surface area contributed by atoms with Crippen molar-refractivity contribution in [3.8, 4) is 0 Å². The number of nitrogens with one attached hydrogen (secondary N) is 1. The number of rotatable bonds is 5. The van der Waals surface area contributed by atoms with Crippen LogP contribution in [0.1, 0.15) is 19.3 Å². The average molecular weight is 236 g/mol. The molecule has 1 atom stereocenters. The Kier molecular flexibility index (Phi) is 4.80. The van der Waals surface area contributed by atoms with E-state index in [2.05, 4.69) is 22.3 Å². The fourth-order valence-corrected chi connectivity index (χ4v) is 2.43. The molecule has 0 aromatic heterocycles. The normalized spacial score (nSPS) is 21.4. The molecule has 1 fully saturated rings. The Labute approximate surface area is 103 Å². The van der Waals surface area contributed by atoms with Crippen LogP contribution in [0.5, 0.6) is 0 Å². The number of nitrogens with zero attached hydrogens (tertiary/aromatic N) is 1. The van der Waals surface area contributed by atoms with Gasteiger partial charge in [-0.15, -0.1) is 0 Å². The molecule has 1 heterocycles. The van der Waals surface area contributed by atoms with E-state index in [9.17, 15) is 4.39 Å². The fourth-order valence-electron chi connectivity index (χ4n) is 2.43. The van der Waals surface area contributed by atoms with Crippen LogP contribution in [0.2, 0.25) is 0 Å². The minimum Gasteiger partial charge on any atom is -0.381 e. The third-order valence-corrected chi connectivity index (χ3v) is 3.26. The maximum Gasteiger partial charge on any atom is 0.0906 e. The monoisotopic (exact) mass is 236 g/mol. The minimum absolute atomic E-state index is 0.201. The quantitative estimate of drug-likeness (QED) is 0.845. The lowest BCUT2D eigenvalue weighted by Crippen LogP contribution is -2.42. The van der Waals surface area contributed by atoms with Gasteiger partial charge in [0.1, 0.15) is 0 Å². The van der Waals surface area contributed by atoms with Crippen LogP contribution < -0.4 is 5.32 Å². The van der Waals surface area contributed by atoms with Gasteiger partial charge in [0.15, 0.2) is 0 Å². The van der Waals surface area contributed by atoms with Crippen molar-refractivity contribution in [1.29, 1.82) is 0 Å². The van der Waals surface area contributed by atoms with E-state index in [0.29, 0.717) is 12.5 Å². The summed E-state index contributed by atoms with van der Waals surface area (Å²) in [6.45, 7) is 2.85. The summed E-state index contributed by atoms with van der Waals surface area (Å²) in [4.78, 5) is 2.36. The Morgan fingerprint density at radius 2 is 2.12 bits per heavy atom. The molecule has 0 spiro atoms. The summed E-state index contributed by atoms with van der Waals surface area (Å²) in [5.74, 6) is 0. The maximum atomic E-state index is 12.1. The first kappa shape index (κ1) is 12.4. The number of piperidine rings is 1. The highest BCUT2D eigenvalue weighted by Gasteiger charge is 2.18. The molecule has 1 aromatic carbocycles. The summed E-state index contributed by atoms with van der Waals surface area (Å²) in [5.41, 5.74) is 1.19. The van der Waals surface area contributed by atoms with Crippen molar-refractivity contribution in [2.24, 2.45) is 0 Å². The Bertz CT molecular complexity index is 315. The van der Waals surface area contributed by atoms with Crippen LogP contribution in [-0.2, 0) is 0 Å². The second kappa shape index (κ2) is 6.60. The molecule has 1 aliphatic rings. The zero-order valence-electron chi connectivity index (χ0n) is 10.2. The summed E-state index contributed by atoms with van der Waals surface area (Å²) in [7, 11) is 0. The van der Waals surface area contributed by atoms with Crippen molar-refractivity contribution in [2.45, 2.75) is 25.3 Å². The Morgan fingerprint density at radius 3 is 2.88 bits per heavy atom. The van der Waals surface area contributed by atoms with Crippen LogP contribution in [0, 0.1) is 0 Å². The van der Waals surface area contributed by atoms with Crippen LogP contribution in [0.3, 0.4) is 0 Å². The lowest BCUT2D eigenvalue weighted by Gasteiger charge is -2.33. The SMILES string of the molecule is FCCCN1CCCC(Nc2ccccc2)C1. The van der Waals surface area contributed by atoms with Crippen molar-refractivity contribution in [1.82, 2.24) is 4.90 Å². The first-order valence-electron chi connectivity index (χ1n) is 6.48. The predicted molar refractivity (Wildman–Crippen MR) is 70.1 cm³/mol. The number of hydrogen-bond donors (Lipinski definition) is 1. The molecular formula is C14H21FN2. The van der Waals surface area contributed by atoms with Crippen LogP contribution in [-0.4, -0.2) is 37.3 Å². The Hall–Kier alpha value is -1.09. The highest BCUT2D eigenvalue weighted by molar-refractivity contribution is 5.43. The highest BCUT2D eigenvalue weighted by atomic mass is 19.1. The molecular weight excluding hydrogens is 215 g/mol. The Morgan fingerprint density at radius 1 is 1.29 bits per heavy atom. The number of alkyl halides is 1. The number of likely N-dealkylation sites (tertiary alicyclic amines) is 1. The lowest BCUT2D eigenvalue weighted by molar-refractivity contribution is 0.207. The van der Waals surface area contributed by atoms with Gasteiger partial charge in [-0.2, -0.15) is 0 Å². The minimum atomic E-state index is -0.201. The van der Waals surface area contributed by atoms with E-state index in [0.717, 1.165) is 19.6 Å². The van der Waals surface area contributed by atoms with E-state index in [1.165, 1.54) is 18.5 Å². The number of hydrogen-bond acceptors (Lipinski definition) is 2. The van der Waals surface area contributed by atoms with Gasteiger partial charge in [-0.1, -0.05) is 18.2 Å². The molecule has 2 rings (SSSR count). The fraction of sp³-hybridized carbons (Fsp3) is 0.571. The van der Waals surface area contributed by atoms with Gasteiger partial charge >= 0.3 is 0 Å². The van der Waals surface area contributed by atoms with Gasteiger partial charge in [0.2, 0.25) is 0 Å². The molecule has 2 nitrogen and oxygen atoms in total. The van der Waals surface area contributed by atoms with Crippen molar-refractivity contribution >= 4 is 5.69 Å². The van der Waals surface area contributed by atoms with E-state index >= 15 is 0 Å². The molecule has 1 saturated heterocycles. The van der Waals surface area contributed by atoms with Crippen molar-refractivity contribution in [3.05, 3.63) is 30.3 Å². The van der Waals surface area contributed by atoms with Crippen molar-refractivity contribution in [3.63, 3.8) is 0 Å². The summed E-state index contributed by atoms with van der Waals surface area (Å²) >= 11 is 0. The molecule has 0 radical (unpaired) electrons. The molecule has 17 heavy (non-hydrogen) atoms. The third kappa shape index (κ3) is 4.00. The van der Waals surface area contributed by atoms with Gasteiger partial charge in [0.25, 0.3) is 0 Å². The summed E-state index contributed by atoms with van der Waals surface area (Å²) in [6.07, 6.45) is 3.08. The smallest absolute Gasteiger partial charge is 0.0906 e. The van der Waals surface area contributed by atoms with E-state index in [1.54, 1.807) is 0 Å². The molecule has 0 amide bonds. The molecule has 3 heteroatoms. The zero-order valence-corrected chi connectivity index (χ0v) is 10.2.